The second-order valence-corrected chi connectivity index (χ2v) is 6.28. The van der Waals surface area contributed by atoms with Gasteiger partial charge in [0.05, 0.1) is 26.2 Å². The van der Waals surface area contributed by atoms with E-state index in [4.69, 9.17) is 9.47 Å². The van der Waals surface area contributed by atoms with Crippen LogP contribution in [0.2, 0.25) is 0 Å². The number of hydrogen-bond acceptors (Lipinski definition) is 5. The molecule has 0 saturated carbocycles. The lowest BCUT2D eigenvalue weighted by Gasteiger charge is -2.28. The number of amides is 1. The van der Waals surface area contributed by atoms with Gasteiger partial charge in [-0.2, -0.15) is 0 Å². The van der Waals surface area contributed by atoms with Crippen LogP contribution in [0.4, 0.5) is 8.78 Å². The minimum absolute atomic E-state index is 0.0564. The molecule has 0 radical (unpaired) electrons. The van der Waals surface area contributed by atoms with Crippen LogP contribution < -0.4 is 0 Å². The van der Waals surface area contributed by atoms with Crippen molar-refractivity contribution in [1.82, 2.24) is 9.80 Å². The van der Waals surface area contributed by atoms with E-state index in [-0.39, 0.29) is 25.1 Å². The van der Waals surface area contributed by atoms with Crippen LogP contribution in [-0.4, -0.2) is 74.2 Å². The van der Waals surface area contributed by atoms with Crippen LogP contribution in [0.5, 0.6) is 0 Å². The molecule has 0 N–H and O–H groups in total. The molecule has 1 aliphatic heterocycles. The SMILES string of the molecule is CCOC(=O)CCN(CCCN1CCOCC1)C(=O)c1ccc(F)c(F)c1. The number of esters is 1. The van der Waals surface area contributed by atoms with Crippen molar-refractivity contribution in [2.24, 2.45) is 0 Å². The third-order valence-electron chi connectivity index (χ3n) is 4.35. The van der Waals surface area contributed by atoms with Gasteiger partial charge in [-0.25, -0.2) is 8.78 Å². The van der Waals surface area contributed by atoms with Gasteiger partial charge in [-0.3, -0.25) is 14.5 Å². The number of halogens is 2. The lowest BCUT2D eigenvalue weighted by Crippen LogP contribution is -2.39. The first-order valence-electron chi connectivity index (χ1n) is 9.21. The molecule has 1 aromatic rings. The summed E-state index contributed by atoms with van der Waals surface area (Å²) in [5, 5.41) is 0. The van der Waals surface area contributed by atoms with Crippen LogP contribution >= 0.6 is 0 Å². The summed E-state index contributed by atoms with van der Waals surface area (Å²) < 4.78 is 36.8. The highest BCUT2D eigenvalue weighted by atomic mass is 19.2. The van der Waals surface area contributed by atoms with Crippen LogP contribution in [0.25, 0.3) is 0 Å². The van der Waals surface area contributed by atoms with Crippen LogP contribution in [-0.2, 0) is 14.3 Å². The van der Waals surface area contributed by atoms with Crippen molar-refractivity contribution >= 4 is 11.9 Å². The summed E-state index contributed by atoms with van der Waals surface area (Å²) >= 11 is 0. The molecule has 1 aliphatic rings. The molecule has 2 rings (SSSR count). The maximum atomic E-state index is 13.5. The van der Waals surface area contributed by atoms with Gasteiger partial charge < -0.3 is 14.4 Å². The Morgan fingerprint density at radius 2 is 1.93 bits per heavy atom. The fraction of sp³-hybridized carbons (Fsp3) is 0.579. The Labute approximate surface area is 158 Å². The third-order valence-corrected chi connectivity index (χ3v) is 4.35. The summed E-state index contributed by atoms with van der Waals surface area (Å²) in [6.07, 6.45) is 0.763. The number of morpholine rings is 1. The van der Waals surface area contributed by atoms with E-state index in [1.165, 1.54) is 11.0 Å². The monoisotopic (exact) mass is 384 g/mol. The number of carbonyl (C=O) groups is 2. The van der Waals surface area contributed by atoms with E-state index in [1.54, 1.807) is 6.92 Å². The van der Waals surface area contributed by atoms with E-state index in [1.807, 2.05) is 0 Å². The van der Waals surface area contributed by atoms with Crippen molar-refractivity contribution in [3.63, 3.8) is 0 Å². The fourth-order valence-corrected chi connectivity index (χ4v) is 2.90. The molecule has 6 nitrogen and oxygen atoms in total. The molecule has 0 bridgehead atoms. The summed E-state index contributed by atoms with van der Waals surface area (Å²) in [5.74, 6) is -2.90. The maximum Gasteiger partial charge on any atom is 0.307 e. The Morgan fingerprint density at radius 1 is 1.19 bits per heavy atom. The van der Waals surface area contributed by atoms with Crippen molar-refractivity contribution in [2.75, 3.05) is 52.5 Å². The summed E-state index contributed by atoms with van der Waals surface area (Å²) in [7, 11) is 0. The van der Waals surface area contributed by atoms with E-state index in [9.17, 15) is 18.4 Å². The molecule has 0 unspecified atom stereocenters. The number of carbonyl (C=O) groups excluding carboxylic acids is 2. The zero-order valence-electron chi connectivity index (χ0n) is 15.6. The summed E-state index contributed by atoms with van der Waals surface area (Å²) in [4.78, 5) is 28.1. The van der Waals surface area contributed by atoms with E-state index < -0.39 is 23.5 Å². The van der Waals surface area contributed by atoms with Gasteiger partial charge in [-0.1, -0.05) is 0 Å². The minimum Gasteiger partial charge on any atom is -0.466 e. The zero-order chi connectivity index (χ0) is 19.6. The lowest BCUT2D eigenvalue weighted by atomic mass is 10.1. The van der Waals surface area contributed by atoms with E-state index in [0.717, 1.165) is 31.8 Å². The molecule has 0 atom stereocenters. The zero-order valence-corrected chi connectivity index (χ0v) is 15.6. The molecule has 0 aromatic heterocycles. The van der Waals surface area contributed by atoms with Crippen molar-refractivity contribution in [2.45, 2.75) is 19.8 Å². The van der Waals surface area contributed by atoms with Crippen LogP contribution in [0.1, 0.15) is 30.1 Å². The van der Waals surface area contributed by atoms with Gasteiger partial charge in [0.15, 0.2) is 11.6 Å². The molecule has 1 aromatic carbocycles. The Balaban J connectivity index is 1.97. The number of benzene rings is 1. The van der Waals surface area contributed by atoms with Crippen LogP contribution in [0.3, 0.4) is 0 Å². The predicted molar refractivity (Wildman–Crippen MR) is 95.4 cm³/mol. The predicted octanol–water partition coefficient (Wildman–Crippen LogP) is 2.08. The average molecular weight is 384 g/mol. The third kappa shape index (κ3) is 6.88. The molecule has 1 heterocycles. The van der Waals surface area contributed by atoms with Gasteiger partial charge in [0.25, 0.3) is 5.91 Å². The molecule has 8 heteroatoms. The van der Waals surface area contributed by atoms with Crippen LogP contribution in [0, 0.1) is 11.6 Å². The molecule has 1 saturated heterocycles. The number of ether oxygens (including phenoxy) is 2. The van der Waals surface area contributed by atoms with Gasteiger partial charge in [0.2, 0.25) is 0 Å². The summed E-state index contributed by atoms with van der Waals surface area (Å²) in [6.45, 7) is 6.44. The molecular weight excluding hydrogens is 358 g/mol. The largest absolute Gasteiger partial charge is 0.466 e. The smallest absolute Gasteiger partial charge is 0.307 e. The van der Waals surface area contributed by atoms with Gasteiger partial charge in [0, 0.05) is 38.3 Å². The van der Waals surface area contributed by atoms with Crippen molar-refractivity contribution in [3.8, 4) is 0 Å². The molecular formula is C19H26F2N2O4. The fourth-order valence-electron chi connectivity index (χ4n) is 2.90. The molecule has 1 fully saturated rings. The first-order valence-corrected chi connectivity index (χ1v) is 9.21. The second-order valence-electron chi connectivity index (χ2n) is 6.28. The van der Waals surface area contributed by atoms with Gasteiger partial charge in [-0.15, -0.1) is 0 Å². The minimum atomic E-state index is -1.07. The summed E-state index contributed by atoms with van der Waals surface area (Å²) in [6, 6.07) is 3.07. The normalized spacial score (nSPS) is 14.8. The van der Waals surface area contributed by atoms with Crippen molar-refractivity contribution in [3.05, 3.63) is 35.4 Å². The Kier molecular flexibility index (Phi) is 8.60. The Bertz CT molecular complexity index is 636. The topological polar surface area (TPSA) is 59.1 Å². The highest BCUT2D eigenvalue weighted by Crippen LogP contribution is 2.12. The molecule has 27 heavy (non-hydrogen) atoms. The quantitative estimate of drug-likeness (QED) is 0.610. The van der Waals surface area contributed by atoms with Crippen molar-refractivity contribution in [1.29, 1.82) is 0 Å². The van der Waals surface area contributed by atoms with Crippen LogP contribution in [0.15, 0.2) is 18.2 Å². The Hall–Kier alpha value is -2.06. The highest BCUT2D eigenvalue weighted by molar-refractivity contribution is 5.94. The molecule has 150 valence electrons. The number of hydrogen-bond donors (Lipinski definition) is 0. The molecule has 1 amide bonds. The standard InChI is InChI=1S/C19H26F2N2O4/c1-2-27-18(24)6-9-23(8-3-7-22-10-12-26-13-11-22)19(25)15-4-5-16(20)17(21)14-15/h4-5,14H,2-3,6-13H2,1H3. The van der Waals surface area contributed by atoms with E-state index >= 15 is 0 Å². The van der Waals surface area contributed by atoms with Gasteiger partial charge in [-0.05, 0) is 31.5 Å². The van der Waals surface area contributed by atoms with Gasteiger partial charge in [0.1, 0.15) is 0 Å². The van der Waals surface area contributed by atoms with E-state index in [0.29, 0.717) is 26.2 Å². The molecule has 0 aliphatic carbocycles. The first kappa shape index (κ1) is 21.2. The number of nitrogens with zero attached hydrogens (tertiary/aromatic N) is 2. The number of rotatable bonds is 9. The Morgan fingerprint density at radius 3 is 2.59 bits per heavy atom. The molecule has 0 spiro atoms. The second kappa shape index (κ2) is 10.9. The maximum absolute atomic E-state index is 13.5. The lowest BCUT2D eigenvalue weighted by molar-refractivity contribution is -0.143. The van der Waals surface area contributed by atoms with Crippen molar-refractivity contribution < 1.29 is 27.8 Å². The highest BCUT2D eigenvalue weighted by Gasteiger charge is 2.19. The van der Waals surface area contributed by atoms with E-state index in [2.05, 4.69) is 4.90 Å². The summed E-state index contributed by atoms with van der Waals surface area (Å²) in [5.41, 5.74) is 0.0594. The average Bonchev–Trinajstić information content (AvgIpc) is 2.67. The van der Waals surface area contributed by atoms with Gasteiger partial charge >= 0.3 is 5.97 Å². The first-order chi connectivity index (χ1) is 13.0.